The van der Waals surface area contributed by atoms with Crippen LogP contribution in [-0.4, -0.2) is 10.8 Å². The van der Waals surface area contributed by atoms with Crippen LogP contribution in [0.15, 0.2) is 24.3 Å². The first kappa shape index (κ1) is 13.6. The van der Waals surface area contributed by atoms with Crippen molar-refractivity contribution in [3.63, 3.8) is 0 Å². The zero-order valence-electron chi connectivity index (χ0n) is 7.93. The standard InChI is InChI=1S/C8H5N3O3.Na/c9-5-10-11(14)7-3-1-6(2-4-7)8(12)13;/h1-4H,(H-,10,12,13,14);/q;+1. The first-order valence-corrected chi connectivity index (χ1v) is 3.58. The third kappa shape index (κ3) is 3.67. The quantitative estimate of drug-likeness (QED) is 0.185. The average molecular weight is 214 g/mol. The van der Waals surface area contributed by atoms with Gasteiger partial charge >= 0.3 is 29.6 Å². The SMILES string of the molecule is N#CN[N+](=O)c1ccc(C(=O)[O-])cc1.[Na+]. The van der Waals surface area contributed by atoms with E-state index in [0.29, 0.717) is 0 Å². The van der Waals surface area contributed by atoms with Crippen LogP contribution in [0.4, 0.5) is 5.69 Å². The third-order valence-corrected chi connectivity index (χ3v) is 1.49. The van der Waals surface area contributed by atoms with E-state index in [9.17, 15) is 14.8 Å². The van der Waals surface area contributed by atoms with Gasteiger partial charge in [-0.2, -0.15) is 5.26 Å². The summed E-state index contributed by atoms with van der Waals surface area (Å²) >= 11 is 0. The zero-order valence-corrected chi connectivity index (χ0v) is 9.93. The number of carbonyl (C=O) groups is 1. The number of hydrogen-bond donors (Lipinski definition) is 1. The van der Waals surface area contributed by atoms with E-state index in [1.807, 2.05) is 5.43 Å². The molecule has 15 heavy (non-hydrogen) atoms. The van der Waals surface area contributed by atoms with Crippen LogP contribution in [0.5, 0.6) is 0 Å². The van der Waals surface area contributed by atoms with Crippen LogP contribution in [0.1, 0.15) is 10.4 Å². The van der Waals surface area contributed by atoms with E-state index in [2.05, 4.69) is 0 Å². The van der Waals surface area contributed by atoms with Crippen molar-refractivity contribution in [1.29, 1.82) is 5.26 Å². The second-order valence-electron chi connectivity index (χ2n) is 2.35. The van der Waals surface area contributed by atoms with E-state index in [1.54, 1.807) is 0 Å². The fourth-order valence-electron chi connectivity index (χ4n) is 0.843. The number of carboxylic acid groups (broad SMARTS) is 1. The Morgan fingerprint density at radius 1 is 1.40 bits per heavy atom. The van der Waals surface area contributed by atoms with E-state index < -0.39 is 5.97 Å². The number of benzene rings is 1. The Morgan fingerprint density at radius 2 is 1.93 bits per heavy atom. The Bertz CT molecular complexity index is 410. The van der Waals surface area contributed by atoms with Crippen molar-refractivity contribution in [3.8, 4) is 6.19 Å². The molecule has 0 saturated carbocycles. The minimum atomic E-state index is -1.32. The smallest absolute Gasteiger partial charge is 0.545 e. The molecule has 0 radical (unpaired) electrons. The van der Waals surface area contributed by atoms with Gasteiger partial charge in [0.05, 0.1) is 10.9 Å². The number of nitroso groups, excluding NO2 is 1. The van der Waals surface area contributed by atoms with Gasteiger partial charge in [0.15, 0.2) is 4.87 Å². The van der Waals surface area contributed by atoms with E-state index in [4.69, 9.17) is 5.26 Å². The van der Waals surface area contributed by atoms with Crippen molar-refractivity contribution in [2.75, 3.05) is 0 Å². The summed E-state index contributed by atoms with van der Waals surface area (Å²) in [6.45, 7) is 0. The number of carboxylic acids is 1. The summed E-state index contributed by atoms with van der Waals surface area (Å²) in [6.07, 6.45) is 1.44. The molecular weight excluding hydrogens is 209 g/mol. The van der Waals surface area contributed by atoms with Crippen molar-refractivity contribution >= 4 is 11.7 Å². The van der Waals surface area contributed by atoms with Gasteiger partial charge in [-0.05, 0) is 23.1 Å². The first-order valence-electron chi connectivity index (χ1n) is 3.58. The third-order valence-electron chi connectivity index (χ3n) is 1.49. The molecule has 7 heteroatoms. The zero-order chi connectivity index (χ0) is 10.6. The van der Waals surface area contributed by atoms with Crippen LogP contribution in [-0.2, 0) is 0 Å². The second-order valence-corrected chi connectivity index (χ2v) is 2.35. The molecular formula is C8H5N3NaO3+. The van der Waals surface area contributed by atoms with Crippen molar-refractivity contribution in [1.82, 2.24) is 5.43 Å². The van der Waals surface area contributed by atoms with Crippen molar-refractivity contribution in [3.05, 3.63) is 34.7 Å². The minimum Gasteiger partial charge on any atom is -0.545 e. The van der Waals surface area contributed by atoms with Gasteiger partial charge in [0.1, 0.15) is 0 Å². The molecule has 0 heterocycles. The number of nitrogens with one attached hydrogen (secondary N) is 1. The van der Waals surface area contributed by atoms with Crippen molar-refractivity contribution in [2.45, 2.75) is 0 Å². The van der Waals surface area contributed by atoms with Crippen LogP contribution in [0.2, 0.25) is 0 Å². The van der Waals surface area contributed by atoms with Gasteiger partial charge in [-0.15, -0.1) is 0 Å². The Hall–Kier alpha value is -1.42. The van der Waals surface area contributed by atoms with Gasteiger partial charge in [-0.1, -0.05) is 0 Å². The number of nitriles is 1. The van der Waals surface area contributed by atoms with E-state index in [1.165, 1.54) is 30.5 Å². The maximum Gasteiger partial charge on any atom is 1.00 e. The summed E-state index contributed by atoms with van der Waals surface area (Å²) in [6, 6.07) is 4.97. The fraction of sp³-hybridized carbons (Fsp3) is 0. The van der Waals surface area contributed by atoms with Gasteiger partial charge < -0.3 is 9.90 Å². The maximum absolute atomic E-state index is 10.9. The summed E-state index contributed by atoms with van der Waals surface area (Å²) in [5, 5.41) is 18.5. The molecule has 1 rings (SSSR count). The number of aromatic carboxylic acids is 1. The molecule has 0 spiro atoms. The normalized spacial score (nSPS) is 8.20. The van der Waals surface area contributed by atoms with Crippen LogP contribution in [0, 0.1) is 16.4 Å². The number of hydrogen-bond acceptors (Lipinski definition) is 4. The summed E-state index contributed by atoms with van der Waals surface area (Å²) in [5.74, 6) is -1.32. The molecule has 0 fully saturated rings. The number of rotatable bonds is 3. The van der Waals surface area contributed by atoms with E-state index in [0.717, 1.165) is 0 Å². The summed E-state index contributed by atoms with van der Waals surface area (Å²) in [5.41, 5.74) is 1.94. The molecule has 0 amide bonds. The molecule has 1 N–H and O–H groups in total. The number of hydrazine groups is 1. The monoisotopic (exact) mass is 214 g/mol. The molecule has 1 aromatic carbocycles. The van der Waals surface area contributed by atoms with E-state index in [-0.39, 0.29) is 45.7 Å². The number of carbonyl (C=O) groups excluding carboxylic acids is 1. The molecule has 0 saturated heterocycles. The van der Waals surface area contributed by atoms with E-state index >= 15 is 0 Å². The molecule has 1 aromatic rings. The Labute approximate surface area is 107 Å². The average Bonchev–Trinajstić information content (AvgIpc) is 2.18. The van der Waals surface area contributed by atoms with Crippen LogP contribution >= 0.6 is 0 Å². The van der Waals surface area contributed by atoms with Gasteiger partial charge in [-0.3, -0.25) is 0 Å². The summed E-state index contributed by atoms with van der Waals surface area (Å²) in [4.78, 5) is 21.5. The fourth-order valence-corrected chi connectivity index (χ4v) is 0.843. The molecule has 70 valence electrons. The van der Waals surface area contributed by atoms with Crippen molar-refractivity contribution in [2.24, 2.45) is 0 Å². The van der Waals surface area contributed by atoms with Crippen LogP contribution in [0.3, 0.4) is 0 Å². The Morgan fingerprint density at radius 3 is 2.33 bits per heavy atom. The Kier molecular flexibility index (Phi) is 5.56. The van der Waals surface area contributed by atoms with Gasteiger partial charge in [0.2, 0.25) is 6.19 Å². The second kappa shape index (κ2) is 6.14. The molecule has 6 nitrogen and oxygen atoms in total. The summed E-state index contributed by atoms with van der Waals surface area (Å²) < 4.78 is 0. The maximum atomic E-state index is 10.9. The van der Waals surface area contributed by atoms with Gasteiger partial charge in [-0.25, -0.2) is 0 Å². The molecule has 0 aromatic heterocycles. The van der Waals surface area contributed by atoms with Gasteiger partial charge in [0, 0.05) is 12.1 Å². The predicted octanol–water partition coefficient (Wildman–Crippen LogP) is -3.55. The largest absolute Gasteiger partial charge is 1.00 e. The molecule has 0 aliphatic carbocycles. The minimum absolute atomic E-state index is 0. The van der Waals surface area contributed by atoms with Crippen molar-refractivity contribution < 1.29 is 44.3 Å². The molecule has 0 aliphatic rings. The molecule has 0 atom stereocenters. The van der Waals surface area contributed by atoms with Crippen LogP contribution in [0.25, 0.3) is 0 Å². The summed E-state index contributed by atoms with van der Waals surface area (Å²) in [7, 11) is 0. The Balaban J connectivity index is 0.00000196. The topological polar surface area (TPSA) is 96.0 Å². The van der Waals surface area contributed by atoms with Gasteiger partial charge in [0.25, 0.3) is 5.69 Å². The molecule has 0 unspecified atom stereocenters. The number of nitrogens with zero attached hydrogens (tertiary/aromatic N) is 2. The molecule has 0 bridgehead atoms. The predicted molar refractivity (Wildman–Crippen MR) is 42.8 cm³/mol. The van der Waals surface area contributed by atoms with Crippen LogP contribution < -0.4 is 40.1 Å². The first-order chi connectivity index (χ1) is 6.65. The molecule has 0 aliphatic heterocycles.